The predicted octanol–water partition coefficient (Wildman–Crippen LogP) is 1.09. The predicted molar refractivity (Wildman–Crippen MR) is 72.7 cm³/mol. The summed E-state index contributed by atoms with van der Waals surface area (Å²) in [5.41, 5.74) is 7.82. The van der Waals surface area contributed by atoms with Crippen molar-refractivity contribution in [3.05, 3.63) is 41.3 Å². The molecule has 100 valence electrons. The van der Waals surface area contributed by atoms with Crippen LogP contribution in [0.25, 0.3) is 0 Å². The van der Waals surface area contributed by atoms with Gasteiger partial charge in [0.15, 0.2) is 0 Å². The van der Waals surface area contributed by atoms with Crippen molar-refractivity contribution < 1.29 is 4.79 Å². The Morgan fingerprint density at radius 1 is 1.53 bits per heavy atom. The maximum atomic E-state index is 11.3. The molecule has 0 atom stereocenters. The van der Waals surface area contributed by atoms with Crippen molar-refractivity contribution in [3.8, 4) is 0 Å². The second kappa shape index (κ2) is 5.51. The average molecular weight is 259 g/mol. The first kappa shape index (κ1) is 13.1. The Hall–Kier alpha value is -2.37. The number of aryl methyl sites for hydroxylation is 2. The lowest BCUT2D eigenvalue weighted by Crippen LogP contribution is -2.15. The van der Waals surface area contributed by atoms with Crippen LogP contribution in [0, 0.1) is 0 Å². The summed E-state index contributed by atoms with van der Waals surface area (Å²) < 4.78 is 1.78. The molecule has 2 heterocycles. The SMILES string of the molecule is CCc1nn(C)cc1CNc1ncccc1C(N)=O. The van der Waals surface area contributed by atoms with Crippen molar-refractivity contribution in [2.24, 2.45) is 12.8 Å². The van der Waals surface area contributed by atoms with E-state index >= 15 is 0 Å². The van der Waals surface area contributed by atoms with Gasteiger partial charge in [-0.2, -0.15) is 5.10 Å². The van der Waals surface area contributed by atoms with Crippen molar-refractivity contribution in [2.75, 3.05) is 5.32 Å². The first-order valence-electron chi connectivity index (χ1n) is 6.12. The number of hydrogen-bond acceptors (Lipinski definition) is 4. The number of anilines is 1. The van der Waals surface area contributed by atoms with Crippen molar-refractivity contribution in [3.63, 3.8) is 0 Å². The lowest BCUT2D eigenvalue weighted by Gasteiger charge is -2.08. The lowest BCUT2D eigenvalue weighted by atomic mass is 10.2. The summed E-state index contributed by atoms with van der Waals surface area (Å²) in [6, 6.07) is 3.34. The molecule has 0 aliphatic carbocycles. The van der Waals surface area contributed by atoms with Crippen LogP contribution in [0.4, 0.5) is 5.82 Å². The van der Waals surface area contributed by atoms with Gasteiger partial charge in [-0.3, -0.25) is 9.48 Å². The molecule has 0 spiro atoms. The molecule has 0 bridgehead atoms. The van der Waals surface area contributed by atoms with Crippen molar-refractivity contribution in [1.29, 1.82) is 0 Å². The maximum Gasteiger partial charge on any atom is 0.252 e. The Labute approximate surface area is 111 Å². The van der Waals surface area contributed by atoms with Gasteiger partial charge in [0.2, 0.25) is 0 Å². The molecule has 0 fully saturated rings. The molecular formula is C13H17N5O. The number of hydrogen-bond donors (Lipinski definition) is 2. The normalized spacial score (nSPS) is 10.4. The first-order chi connectivity index (χ1) is 9.11. The number of pyridine rings is 1. The zero-order valence-electron chi connectivity index (χ0n) is 11.1. The summed E-state index contributed by atoms with van der Waals surface area (Å²) in [5.74, 6) is 0.0124. The first-order valence-corrected chi connectivity index (χ1v) is 6.12. The second-order valence-electron chi connectivity index (χ2n) is 4.25. The third-order valence-electron chi connectivity index (χ3n) is 2.85. The van der Waals surface area contributed by atoms with Gasteiger partial charge in [0.05, 0.1) is 11.3 Å². The quantitative estimate of drug-likeness (QED) is 0.841. The van der Waals surface area contributed by atoms with Crippen LogP contribution in [0.1, 0.15) is 28.5 Å². The Morgan fingerprint density at radius 2 is 2.32 bits per heavy atom. The molecule has 0 aliphatic heterocycles. The van der Waals surface area contributed by atoms with E-state index in [-0.39, 0.29) is 0 Å². The number of rotatable bonds is 5. The van der Waals surface area contributed by atoms with E-state index in [0.717, 1.165) is 17.7 Å². The van der Waals surface area contributed by atoms with Crippen molar-refractivity contribution >= 4 is 11.7 Å². The van der Waals surface area contributed by atoms with E-state index in [2.05, 4.69) is 22.3 Å². The van der Waals surface area contributed by atoms with Gasteiger partial charge in [0, 0.05) is 31.5 Å². The van der Waals surface area contributed by atoms with E-state index < -0.39 is 5.91 Å². The van der Waals surface area contributed by atoms with E-state index in [1.807, 2.05) is 13.2 Å². The standard InChI is InChI=1S/C13H17N5O/c1-3-11-9(8-18(2)17-11)7-16-13-10(12(14)19)5-4-6-15-13/h4-6,8H,3,7H2,1-2H3,(H2,14,19)(H,15,16). The summed E-state index contributed by atoms with van der Waals surface area (Å²) in [7, 11) is 1.89. The van der Waals surface area contributed by atoms with Crippen LogP contribution in [0.15, 0.2) is 24.5 Å². The van der Waals surface area contributed by atoms with Crippen LogP contribution in [0.5, 0.6) is 0 Å². The van der Waals surface area contributed by atoms with E-state index in [1.54, 1.807) is 23.0 Å². The monoisotopic (exact) mass is 259 g/mol. The zero-order valence-corrected chi connectivity index (χ0v) is 11.1. The van der Waals surface area contributed by atoms with Crippen molar-refractivity contribution in [2.45, 2.75) is 19.9 Å². The topological polar surface area (TPSA) is 85.8 Å². The molecule has 0 saturated carbocycles. The molecule has 0 saturated heterocycles. The van der Waals surface area contributed by atoms with Crippen LogP contribution in [-0.4, -0.2) is 20.7 Å². The molecule has 6 nitrogen and oxygen atoms in total. The highest BCUT2D eigenvalue weighted by Crippen LogP contribution is 2.14. The summed E-state index contributed by atoms with van der Waals surface area (Å²) in [5, 5.41) is 7.50. The highest BCUT2D eigenvalue weighted by Gasteiger charge is 2.10. The number of aromatic nitrogens is 3. The zero-order chi connectivity index (χ0) is 13.8. The summed E-state index contributed by atoms with van der Waals surface area (Å²) in [6.45, 7) is 2.62. The highest BCUT2D eigenvalue weighted by atomic mass is 16.1. The number of amides is 1. The number of carbonyl (C=O) groups is 1. The summed E-state index contributed by atoms with van der Waals surface area (Å²) >= 11 is 0. The van der Waals surface area contributed by atoms with Gasteiger partial charge in [-0.05, 0) is 18.6 Å². The minimum Gasteiger partial charge on any atom is -0.365 e. The van der Waals surface area contributed by atoms with Gasteiger partial charge < -0.3 is 11.1 Å². The van der Waals surface area contributed by atoms with Gasteiger partial charge in [0.25, 0.3) is 5.91 Å². The number of nitrogens with one attached hydrogen (secondary N) is 1. The molecule has 0 radical (unpaired) electrons. The Kier molecular flexibility index (Phi) is 3.79. The fraction of sp³-hybridized carbons (Fsp3) is 0.308. The fourth-order valence-electron chi connectivity index (χ4n) is 1.95. The summed E-state index contributed by atoms with van der Waals surface area (Å²) in [4.78, 5) is 15.4. The number of nitrogens with zero attached hydrogens (tertiary/aromatic N) is 3. The lowest BCUT2D eigenvalue weighted by molar-refractivity contribution is 0.100. The van der Waals surface area contributed by atoms with Gasteiger partial charge >= 0.3 is 0 Å². The Morgan fingerprint density at radius 3 is 3.00 bits per heavy atom. The molecule has 0 unspecified atom stereocenters. The van der Waals surface area contributed by atoms with Crippen LogP contribution in [-0.2, 0) is 20.0 Å². The van der Waals surface area contributed by atoms with Crippen molar-refractivity contribution in [1.82, 2.24) is 14.8 Å². The average Bonchev–Trinajstić information content (AvgIpc) is 2.77. The molecule has 6 heteroatoms. The molecule has 2 rings (SSSR count). The minimum atomic E-state index is -0.488. The van der Waals surface area contributed by atoms with Gasteiger partial charge in [-0.25, -0.2) is 4.98 Å². The van der Waals surface area contributed by atoms with Crippen LogP contribution >= 0.6 is 0 Å². The van der Waals surface area contributed by atoms with E-state index in [4.69, 9.17) is 5.73 Å². The second-order valence-corrected chi connectivity index (χ2v) is 4.25. The maximum absolute atomic E-state index is 11.3. The molecule has 0 aliphatic rings. The van der Waals surface area contributed by atoms with Crippen LogP contribution in [0.3, 0.4) is 0 Å². The van der Waals surface area contributed by atoms with E-state index in [9.17, 15) is 4.79 Å². The van der Waals surface area contributed by atoms with Crippen LogP contribution in [0.2, 0.25) is 0 Å². The molecular weight excluding hydrogens is 242 g/mol. The third kappa shape index (κ3) is 2.90. The third-order valence-corrected chi connectivity index (χ3v) is 2.85. The van der Waals surface area contributed by atoms with Gasteiger partial charge in [0.1, 0.15) is 5.82 Å². The number of nitrogens with two attached hydrogens (primary N) is 1. The van der Waals surface area contributed by atoms with Crippen LogP contribution < -0.4 is 11.1 Å². The number of carbonyl (C=O) groups excluding carboxylic acids is 1. The minimum absolute atomic E-state index is 0.393. The Bertz CT molecular complexity index is 590. The fourth-order valence-corrected chi connectivity index (χ4v) is 1.95. The van der Waals surface area contributed by atoms with Gasteiger partial charge in [-0.1, -0.05) is 6.92 Å². The molecule has 0 aromatic carbocycles. The van der Waals surface area contributed by atoms with Gasteiger partial charge in [-0.15, -0.1) is 0 Å². The molecule has 2 aromatic rings. The molecule has 1 amide bonds. The van der Waals surface area contributed by atoms with E-state index in [1.165, 1.54) is 0 Å². The number of primary amides is 1. The van der Waals surface area contributed by atoms with E-state index in [0.29, 0.717) is 17.9 Å². The largest absolute Gasteiger partial charge is 0.365 e. The highest BCUT2D eigenvalue weighted by molar-refractivity contribution is 5.97. The molecule has 3 N–H and O–H groups in total. The smallest absolute Gasteiger partial charge is 0.252 e. The Balaban J connectivity index is 2.16. The molecule has 19 heavy (non-hydrogen) atoms. The molecule has 2 aromatic heterocycles. The summed E-state index contributed by atoms with van der Waals surface area (Å²) in [6.07, 6.45) is 4.44.